The number of hydrazone groups is 1. The van der Waals surface area contributed by atoms with Crippen LogP contribution in [-0.2, 0) is 4.74 Å². The number of methoxy groups -OCH3 is 1. The molecule has 0 fully saturated rings. The second-order valence-electron chi connectivity index (χ2n) is 4.47. The molecule has 18 heavy (non-hydrogen) atoms. The number of rotatable bonds is 3. The van der Waals surface area contributed by atoms with Crippen molar-refractivity contribution in [3.05, 3.63) is 47.2 Å². The van der Waals surface area contributed by atoms with Crippen molar-refractivity contribution in [3.8, 4) is 0 Å². The lowest BCUT2D eigenvalue weighted by atomic mass is 9.91. The van der Waals surface area contributed by atoms with Gasteiger partial charge in [0, 0.05) is 18.0 Å². The van der Waals surface area contributed by atoms with Crippen molar-refractivity contribution in [2.45, 2.75) is 13.0 Å². The largest absolute Gasteiger partial charge is 0.495 e. The third-order valence-electron chi connectivity index (χ3n) is 3.32. The molecule has 0 aromatic heterocycles. The lowest BCUT2D eigenvalue weighted by molar-refractivity contribution is 0.257. The summed E-state index contributed by atoms with van der Waals surface area (Å²) in [5, 5.41) is 7.21. The molecule has 0 radical (unpaired) electrons. The van der Waals surface area contributed by atoms with Crippen LogP contribution in [0.3, 0.4) is 0 Å². The number of nitrogens with zero attached hydrogens (tertiary/aromatic N) is 2. The summed E-state index contributed by atoms with van der Waals surface area (Å²) in [4.78, 5) is 0. The van der Waals surface area contributed by atoms with E-state index in [1.807, 2.05) is 36.3 Å². The van der Waals surface area contributed by atoms with E-state index < -0.39 is 0 Å². The smallest absolute Gasteiger partial charge is 0.135 e. The zero-order valence-electron chi connectivity index (χ0n) is 10.9. The van der Waals surface area contributed by atoms with Gasteiger partial charge >= 0.3 is 0 Å². The zero-order chi connectivity index (χ0) is 13.3. The van der Waals surface area contributed by atoms with Crippen LogP contribution in [0, 0.1) is 5.92 Å². The normalized spacial score (nSPS) is 22.9. The quantitative estimate of drug-likeness (QED) is 0.781. The molecule has 0 N–H and O–H groups in total. The van der Waals surface area contributed by atoms with Gasteiger partial charge in [-0.25, -0.2) is 0 Å². The standard InChI is InChI=1S/C14H17ClN2O/c1-9-13(10(2)18-4)16-17(3)14(9)11-5-7-12(15)8-6-11/h5-9,14H,2H2,1,3-4H3/t9-,14?/m1/s1. The second-order valence-corrected chi connectivity index (χ2v) is 4.91. The van der Waals surface area contributed by atoms with E-state index in [2.05, 4.69) is 18.6 Å². The van der Waals surface area contributed by atoms with Gasteiger partial charge in [0.2, 0.25) is 0 Å². The maximum atomic E-state index is 5.92. The van der Waals surface area contributed by atoms with Crippen LogP contribution < -0.4 is 0 Å². The molecule has 96 valence electrons. The Hall–Kier alpha value is -1.48. The highest BCUT2D eigenvalue weighted by molar-refractivity contribution is 6.30. The molecule has 0 bridgehead atoms. The summed E-state index contributed by atoms with van der Waals surface area (Å²) in [5.41, 5.74) is 2.09. The van der Waals surface area contributed by atoms with Crippen LogP contribution in [-0.4, -0.2) is 24.9 Å². The van der Waals surface area contributed by atoms with Crippen molar-refractivity contribution in [1.82, 2.24) is 5.01 Å². The van der Waals surface area contributed by atoms with Crippen LogP contribution in [0.25, 0.3) is 0 Å². The second kappa shape index (κ2) is 5.02. The molecular weight excluding hydrogens is 248 g/mol. The molecular formula is C14H17ClN2O. The fraction of sp³-hybridized carbons (Fsp3) is 0.357. The van der Waals surface area contributed by atoms with Gasteiger partial charge in [0.25, 0.3) is 0 Å². The van der Waals surface area contributed by atoms with Gasteiger partial charge in [-0.15, -0.1) is 0 Å². The number of allylic oxidation sites excluding steroid dienone is 1. The summed E-state index contributed by atoms with van der Waals surface area (Å²) in [6.07, 6.45) is 0. The predicted molar refractivity (Wildman–Crippen MR) is 74.7 cm³/mol. The number of hydrogen-bond acceptors (Lipinski definition) is 3. The molecule has 1 aromatic carbocycles. The molecule has 0 amide bonds. The predicted octanol–water partition coefficient (Wildman–Crippen LogP) is 3.48. The fourth-order valence-electron chi connectivity index (χ4n) is 2.37. The van der Waals surface area contributed by atoms with Gasteiger partial charge in [-0.3, -0.25) is 5.01 Å². The van der Waals surface area contributed by atoms with Gasteiger partial charge in [-0.2, -0.15) is 5.10 Å². The van der Waals surface area contributed by atoms with Crippen LogP contribution in [0.1, 0.15) is 18.5 Å². The highest BCUT2D eigenvalue weighted by atomic mass is 35.5. The van der Waals surface area contributed by atoms with E-state index in [0.29, 0.717) is 5.76 Å². The van der Waals surface area contributed by atoms with E-state index in [4.69, 9.17) is 16.3 Å². The first kappa shape index (κ1) is 13.0. The molecule has 1 aromatic rings. The SMILES string of the molecule is C=C(OC)C1=NN(C)C(c2ccc(Cl)cc2)[C@@H]1C. The summed E-state index contributed by atoms with van der Waals surface area (Å²) < 4.78 is 5.18. The summed E-state index contributed by atoms with van der Waals surface area (Å²) in [6.45, 7) is 6.01. The molecule has 0 saturated heterocycles. The molecule has 3 nitrogen and oxygen atoms in total. The number of benzene rings is 1. The van der Waals surface area contributed by atoms with Crippen molar-refractivity contribution in [3.63, 3.8) is 0 Å². The molecule has 0 saturated carbocycles. The van der Waals surface area contributed by atoms with E-state index in [9.17, 15) is 0 Å². The average molecular weight is 265 g/mol. The van der Waals surface area contributed by atoms with Gasteiger partial charge < -0.3 is 4.74 Å². The maximum absolute atomic E-state index is 5.92. The topological polar surface area (TPSA) is 24.8 Å². The maximum Gasteiger partial charge on any atom is 0.135 e. The van der Waals surface area contributed by atoms with Gasteiger partial charge in [0.15, 0.2) is 0 Å². The Labute approximate surface area is 113 Å². The minimum Gasteiger partial charge on any atom is -0.495 e. The first-order valence-corrected chi connectivity index (χ1v) is 6.22. The molecule has 2 rings (SSSR count). The van der Waals surface area contributed by atoms with E-state index >= 15 is 0 Å². The highest BCUT2D eigenvalue weighted by Gasteiger charge is 2.34. The lowest BCUT2D eigenvalue weighted by Crippen LogP contribution is -2.21. The molecule has 1 aliphatic rings. The Morgan fingerprint density at radius 2 is 2.00 bits per heavy atom. The van der Waals surface area contributed by atoms with E-state index in [1.54, 1.807) is 7.11 Å². The van der Waals surface area contributed by atoms with Crippen LogP contribution in [0.5, 0.6) is 0 Å². The van der Waals surface area contributed by atoms with Crippen molar-refractivity contribution in [2.75, 3.05) is 14.2 Å². The van der Waals surface area contributed by atoms with Crippen LogP contribution >= 0.6 is 11.6 Å². The highest BCUT2D eigenvalue weighted by Crippen LogP contribution is 2.36. The molecule has 0 aliphatic carbocycles. The van der Waals surface area contributed by atoms with Crippen LogP contribution in [0.2, 0.25) is 5.02 Å². The minimum atomic E-state index is 0.198. The van der Waals surface area contributed by atoms with E-state index in [0.717, 1.165) is 10.7 Å². The number of hydrogen-bond donors (Lipinski definition) is 0. The Morgan fingerprint density at radius 3 is 2.56 bits per heavy atom. The fourth-order valence-corrected chi connectivity index (χ4v) is 2.50. The number of ether oxygens (including phenoxy) is 1. The lowest BCUT2D eigenvalue weighted by Gasteiger charge is -2.23. The monoisotopic (exact) mass is 264 g/mol. The minimum absolute atomic E-state index is 0.198. The summed E-state index contributed by atoms with van der Waals surface area (Å²) in [6, 6.07) is 8.08. The third-order valence-corrected chi connectivity index (χ3v) is 3.57. The molecule has 2 atom stereocenters. The Bertz CT molecular complexity index is 481. The van der Waals surface area contributed by atoms with Crippen molar-refractivity contribution in [2.24, 2.45) is 11.0 Å². The van der Waals surface area contributed by atoms with E-state index in [1.165, 1.54) is 5.56 Å². The average Bonchev–Trinajstić information content (AvgIpc) is 2.65. The van der Waals surface area contributed by atoms with Crippen molar-refractivity contribution < 1.29 is 4.74 Å². The molecule has 4 heteroatoms. The zero-order valence-corrected chi connectivity index (χ0v) is 11.6. The van der Waals surface area contributed by atoms with Crippen molar-refractivity contribution in [1.29, 1.82) is 0 Å². The molecule has 1 unspecified atom stereocenters. The Morgan fingerprint density at radius 1 is 1.39 bits per heavy atom. The first-order valence-electron chi connectivity index (χ1n) is 5.84. The number of halogens is 1. The van der Waals surface area contributed by atoms with E-state index in [-0.39, 0.29) is 12.0 Å². The van der Waals surface area contributed by atoms with Gasteiger partial charge in [0.1, 0.15) is 11.5 Å². The molecule has 0 spiro atoms. The molecule has 1 heterocycles. The van der Waals surface area contributed by atoms with Gasteiger partial charge in [-0.05, 0) is 17.7 Å². The van der Waals surface area contributed by atoms with Gasteiger partial charge in [0.05, 0.1) is 13.2 Å². The summed E-state index contributed by atoms with van der Waals surface area (Å²) in [5.74, 6) is 0.870. The Balaban J connectivity index is 2.27. The van der Waals surface area contributed by atoms with Crippen LogP contribution in [0.15, 0.2) is 41.7 Å². The first-order chi connectivity index (χ1) is 8.54. The summed E-state index contributed by atoms with van der Waals surface area (Å²) >= 11 is 5.92. The summed E-state index contributed by atoms with van der Waals surface area (Å²) in [7, 11) is 3.58. The van der Waals surface area contributed by atoms with Gasteiger partial charge in [-0.1, -0.05) is 37.2 Å². The third kappa shape index (κ3) is 2.23. The Kier molecular flexibility index (Phi) is 3.62. The molecule has 1 aliphatic heterocycles. The van der Waals surface area contributed by atoms with Crippen LogP contribution in [0.4, 0.5) is 0 Å². The van der Waals surface area contributed by atoms with Crippen molar-refractivity contribution >= 4 is 17.3 Å².